The van der Waals surface area contributed by atoms with Gasteiger partial charge < -0.3 is 19.5 Å². The number of rotatable bonds is 6. The summed E-state index contributed by atoms with van der Waals surface area (Å²) >= 11 is 0. The molecule has 0 spiro atoms. The number of hydrogen-bond acceptors (Lipinski definition) is 4. The summed E-state index contributed by atoms with van der Waals surface area (Å²) in [6.45, 7) is 0. The van der Waals surface area contributed by atoms with Crippen LogP contribution in [0.3, 0.4) is 0 Å². The Labute approximate surface area is 144 Å². The SMILES string of the molecule is COc1ccc(OC(F)(F)C(=O)Nc2ccc(OC(F)(F)F)cc2)cc1. The average Bonchev–Trinajstić information content (AvgIpc) is 2.55. The average molecular weight is 377 g/mol. The molecule has 1 amide bonds. The second kappa shape index (κ2) is 7.46. The second-order valence-corrected chi connectivity index (χ2v) is 4.82. The molecule has 0 heterocycles. The summed E-state index contributed by atoms with van der Waals surface area (Å²) in [6, 6.07) is 8.78. The van der Waals surface area contributed by atoms with Crippen LogP contribution in [0.2, 0.25) is 0 Å². The molecule has 0 saturated heterocycles. The minimum absolute atomic E-state index is 0.164. The minimum atomic E-state index is -4.88. The molecule has 140 valence electrons. The molecule has 0 aliphatic rings. The quantitative estimate of drug-likeness (QED) is 0.767. The third-order valence-corrected chi connectivity index (χ3v) is 2.92. The van der Waals surface area contributed by atoms with Crippen LogP contribution in [-0.4, -0.2) is 25.5 Å². The molecular formula is C16H12F5NO4. The van der Waals surface area contributed by atoms with Gasteiger partial charge in [-0.2, -0.15) is 8.78 Å². The molecule has 0 unspecified atom stereocenters. The Morgan fingerprint density at radius 3 is 1.77 bits per heavy atom. The number of anilines is 1. The Bertz CT molecular complexity index is 745. The number of benzene rings is 2. The fourth-order valence-corrected chi connectivity index (χ4v) is 1.78. The number of carbonyl (C=O) groups is 1. The van der Waals surface area contributed by atoms with E-state index in [0.717, 1.165) is 24.3 Å². The van der Waals surface area contributed by atoms with Crippen molar-refractivity contribution < 1.29 is 41.0 Å². The fourth-order valence-electron chi connectivity index (χ4n) is 1.78. The van der Waals surface area contributed by atoms with Crippen LogP contribution in [0.25, 0.3) is 0 Å². The van der Waals surface area contributed by atoms with Gasteiger partial charge in [-0.1, -0.05) is 0 Å². The zero-order valence-corrected chi connectivity index (χ0v) is 13.1. The summed E-state index contributed by atoms with van der Waals surface area (Å²) in [5.41, 5.74) is -0.164. The Morgan fingerprint density at radius 2 is 1.27 bits per heavy atom. The van der Waals surface area contributed by atoms with Gasteiger partial charge in [-0.3, -0.25) is 4.79 Å². The molecule has 2 aromatic carbocycles. The highest BCUT2D eigenvalue weighted by atomic mass is 19.4. The standard InChI is InChI=1S/C16H12F5NO4/c1-24-11-6-8-12(9-7-11)25-15(17,18)14(23)22-10-2-4-13(5-3-10)26-16(19,20)21/h2-9H,1H3,(H,22,23). The first-order valence-electron chi connectivity index (χ1n) is 6.97. The zero-order valence-electron chi connectivity index (χ0n) is 13.1. The Morgan fingerprint density at radius 1 is 0.808 bits per heavy atom. The smallest absolute Gasteiger partial charge is 0.497 e. The van der Waals surface area contributed by atoms with Crippen molar-refractivity contribution in [3.8, 4) is 17.2 Å². The zero-order chi connectivity index (χ0) is 19.4. The molecule has 5 nitrogen and oxygen atoms in total. The molecule has 0 fully saturated rings. The van der Waals surface area contributed by atoms with Crippen molar-refractivity contribution in [2.45, 2.75) is 12.5 Å². The van der Waals surface area contributed by atoms with E-state index in [9.17, 15) is 26.7 Å². The summed E-state index contributed by atoms with van der Waals surface area (Å²) in [6.07, 6.45) is -9.10. The molecule has 0 aliphatic carbocycles. The van der Waals surface area contributed by atoms with E-state index in [2.05, 4.69) is 9.47 Å². The second-order valence-electron chi connectivity index (χ2n) is 4.82. The molecule has 0 aromatic heterocycles. The summed E-state index contributed by atoms with van der Waals surface area (Å²) in [7, 11) is 1.39. The number of amides is 1. The lowest BCUT2D eigenvalue weighted by molar-refractivity contribution is -0.274. The molecule has 0 radical (unpaired) electrons. The fraction of sp³-hybridized carbons (Fsp3) is 0.188. The molecule has 0 atom stereocenters. The van der Waals surface area contributed by atoms with Gasteiger partial charge in [0, 0.05) is 5.69 Å². The predicted molar refractivity (Wildman–Crippen MR) is 80.3 cm³/mol. The van der Waals surface area contributed by atoms with Gasteiger partial charge in [0.05, 0.1) is 7.11 Å². The van der Waals surface area contributed by atoms with Crippen molar-refractivity contribution >= 4 is 11.6 Å². The molecule has 2 aromatic rings. The van der Waals surface area contributed by atoms with Crippen LogP contribution in [0.5, 0.6) is 17.2 Å². The maximum Gasteiger partial charge on any atom is 0.573 e. The van der Waals surface area contributed by atoms with E-state index in [1.165, 1.54) is 31.4 Å². The van der Waals surface area contributed by atoms with Crippen LogP contribution < -0.4 is 19.5 Å². The van der Waals surface area contributed by atoms with Gasteiger partial charge in [0.25, 0.3) is 0 Å². The summed E-state index contributed by atoms with van der Waals surface area (Å²) in [5.74, 6) is -2.22. The van der Waals surface area contributed by atoms with Crippen LogP contribution in [0.4, 0.5) is 27.6 Å². The van der Waals surface area contributed by atoms with Gasteiger partial charge in [0.2, 0.25) is 0 Å². The lowest BCUT2D eigenvalue weighted by Gasteiger charge is -2.17. The first-order chi connectivity index (χ1) is 12.1. The van der Waals surface area contributed by atoms with Crippen LogP contribution in [0.1, 0.15) is 0 Å². The number of halogens is 5. The van der Waals surface area contributed by atoms with Crippen molar-refractivity contribution in [2.75, 3.05) is 12.4 Å². The van der Waals surface area contributed by atoms with E-state index in [-0.39, 0.29) is 11.4 Å². The van der Waals surface area contributed by atoms with Gasteiger partial charge in [-0.05, 0) is 48.5 Å². The third kappa shape index (κ3) is 5.50. The number of alkyl halides is 5. The van der Waals surface area contributed by atoms with E-state index >= 15 is 0 Å². The number of hydrogen-bond donors (Lipinski definition) is 1. The first kappa shape index (κ1) is 19.3. The Kier molecular flexibility index (Phi) is 5.53. The first-order valence-corrected chi connectivity index (χ1v) is 6.97. The molecule has 0 aliphatic heterocycles. The van der Waals surface area contributed by atoms with Crippen molar-refractivity contribution in [1.29, 1.82) is 0 Å². The number of methoxy groups -OCH3 is 1. The van der Waals surface area contributed by atoms with Crippen molar-refractivity contribution in [3.63, 3.8) is 0 Å². The molecule has 10 heteroatoms. The molecule has 0 saturated carbocycles. The van der Waals surface area contributed by atoms with Gasteiger partial charge in [-0.15, -0.1) is 13.2 Å². The highest BCUT2D eigenvalue weighted by molar-refractivity contribution is 5.95. The maximum atomic E-state index is 13.8. The molecule has 1 N–H and O–H groups in total. The highest BCUT2D eigenvalue weighted by Gasteiger charge is 2.42. The van der Waals surface area contributed by atoms with Crippen molar-refractivity contribution in [2.24, 2.45) is 0 Å². The highest BCUT2D eigenvalue weighted by Crippen LogP contribution is 2.27. The lowest BCUT2D eigenvalue weighted by atomic mass is 10.3. The number of carbonyl (C=O) groups excluding carboxylic acids is 1. The van der Waals surface area contributed by atoms with E-state index in [1.54, 1.807) is 0 Å². The summed E-state index contributed by atoms with van der Waals surface area (Å²) < 4.78 is 76.7. The molecule has 26 heavy (non-hydrogen) atoms. The monoisotopic (exact) mass is 377 g/mol. The van der Waals surface area contributed by atoms with Gasteiger partial charge in [0.1, 0.15) is 17.2 Å². The Hall–Kier alpha value is -3.04. The predicted octanol–water partition coefficient (Wildman–Crippen LogP) is 4.20. The molecule has 2 rings (SSSR count). The van der Waals surface area contributed by atoms with Gasteiger partial charge in [-0.25, -0.2) is 0 Å². The van der Waals surface area contributed by atoms with Crippen molar-refractivity contribution in [3.05, 3.63) is 48.5 Å². The molecular weight excluding hydrogens is 365 g/mol. The van der Waals surface area contributed by atoms with E-state index in [4.69, 9.17) is 4.74 Å². The largest absolute Gasteiger partial charge is 0.573 e. The normalized spacial score (nSPS) is 11.6. The molecule has 0 bridgehead atoms. The van der Waals surface area contributed by atoms with E-state index < -0.39 is 24.1 Å². The minimum Gasteiger partial charge on any atom is -0.497 e. The number of nitrogens with one attached hydrogen (secondary N) is 1. The van der Waals surface area contributed by atoms with Crippen LogP contribution in [-0.2, 0) is 4.79 Å². The van der Waals surface area contributed by atoms with Gasteiger partial charge in [0.15, 0.2) is 0 Å². The van der Waals surface area contributed by atoms with Crippen molar-refractivity contribution in [1.82, 2.24) is 0 Å². The lowest BCUT2D eigenvalue weighted by Crippen LogP contribution is -2.39. The summed E-state index contributed by atoms with van der Waals surface area (Å²) in [4.78, 5) is 11.7. The Balaban J connectivity index is 2.00. The number of ether oxygens (including phenoxy) is 3. The van der Waals surface area contributed by atoms with E-state index in [0.29, 0.717) is 5.75 Å². The van der Waals surface area contributed by atoms with Gasteiger partial charge >= 0.3 is 18.4 Å². The maximum absolute atomic E-state index is 13.8. The van der Waals surface area contributed by atoms with Crippen LogP contribution in [0, 0.1) is 0 Å². The summed E-state index contributed by atoms with van der Waals surface area (Å²) in [5, 5.41) is 1.84. The third-order valence-electron chi connectivity index (χ3n) is 2.92. The van der Waals surface area contributed by atoms with E-state index in [1.807, 2.05) is 5.32 Å². The van der Waals surface area contributed by atoms with Crippen LogP contribution in [0.15, 0.2) is 48.5 Å². The van der Waals surface area contributed by atoms with Crippen LogP contribution >= 0.6 is 0 Å². The topological polar surface area (TPSA) is 56.8 Å².